The lowest BCUT2D eigenvalue weighted by molar-refractivity contribution is -0.128. The number of ether oxygens (including phenoxy) is 1. The fourth-order valence-corrected chi connectivity index (χ4v) is 1.01. The van der Waals surface area contributed by atoms with Gasteiger partial charge >= 0.3 is 6.09 Å². The molecule has 0 heterocycles. The van der Waals surface area contributed by atoms with Crippen LogP contribution < -0.4 is 0 Å². The van der Waals surface area contributed by atoms with Crippen LogP contribution >= 0.6 is 0 Å². The predicted octanol–water partition coefficient (Wildman–Crippen LogP) is 2.43. The van der Waals surface area contributed by atoms with Crippen molar-refractivity contribution in [3.05, 3.63) is 0 Å². The predicted molar refractivity (Wildman–Crippen MR) is 58.5 cm³/mol. The number of carbonyl (C=O) groups is 2. The molecule has 0 bridgehead atoms. The lowest BCUT2D eigenvalue weighted by Crippen LogP contribution is -2.41. The van der Waals surface area contributed by atoms with Crippen LogP contribution in [0.1, 0.15) is 41.5 Å². The minimum atomic E-state index is -0.568. The molecule has 4 nitrogen and oxygen atoms in total. The molecule has 0 aromatic carbocycles. The molecule has 88 valence electrons. The van der Waals surface area contributed by atoms with E-state index in [0.29, 0.717) is 6.54 Å². The third-order valence-corrected chi connectivity index (χ3v) is 1.54. The molecule has 0 N–H and O–H groups in total. The Morgan fingerprint density at radius 1 is 1.27 bits per heavy atom. The number of amides is 2. The van der Waals surface area contributed by atoms with Gasteiger partial charge in [0.1, 0.15) is 5.60 Å². The summed E-state index contributed by atoms with van der Waals surface area (Å²) in [6, 6.07) is 0. The maximum absolute atomic E-state index is 11.6. The summed E-state index contributed by atoms with van der Waals surface area (Å²) in [5, 5.41) is 0. The van der Waals surface area contributed by atoms with E-state index >= 15 is 0 Å². The summed E-state index contributed by atoms with van der Waals surface area (Å²) in [6.07, 6.45) is -0.566. The van der Waals surface area contributed by atoms with Crippen molar-refractivity contribution in [3.63, 3.8) is 0 Å². The third kappa shape index (κ3) is 6.10. The molecular weight excluding hydrogens is 194 g/mol. The minimum absolute atomic E-state index is 0.237. The van der Waals surface area contributed by atoms with Gasteiger partial charge in [0.2, 0.25) is 5.91 Å². The Kier molecular flexibility index (Phi) is 4.78. The van der Waals surface area contributed by atoms with Crippen molar-refractivity contribution < 1.29 is 14.3 Å². The molecule has 4 heteroatoms. The molecule has 0 aliphatic heterocycles. The summed E-state index contributed by atoms with van der Waals surface area (Å²) in [7, 11) is 0. The van der Waals surface area contributed by atoms with E-state index in [0.717, 1.165) is 4.90 Å². The minimum Gasteiger partial charge on any atom is -0.443 e. The van der Waals surface area contributed by atoms with Crippen LogP contribution in [0.5, 0.6) is 0 Å². The Morgan fingerprint density at radius 2 is 1.73 bits per heavy atom. The van der Waals surface area contributed by atoms with E-state index in [1.807, 2.05) is 13.8 Å². The van der Waals surface area contributed by atoms with Crippen molar-refractivity contribution in [2.75, 3.05) is 6.54 Å². The van der Waals surface area contributed by atoms with Crippen LogP contribution in [-0.2, 0) is 9.53 Å². The summed E-state index contributed by atoms with van der Waals surface area (Å²) < 4.78 is 5.13. The Morgan fingerprint density at radius 3 is 2.00 bits per heavy atom. The summed E-state index contributed by atoms with van der Waals surface area (Å²) >= 11 is 0. The van der Waals surface area contributed by atoms with Gasteiger partial charge in [-0.15, -0.1) is 0 Å². The lowest BCUT2D eigenvalue weighted by atomic mass is 10.2. The van der Waals surface area contributed by atoms with Crippen LogP contribution in [0.15, 0.2) is 0 Å². The molecule has 0 aromatic heterocycles. The summed E-state index contributed by atoms with van der Waals surface area (Å²) in [6.45, 7) is 11.0. The Bertz CT molecular complexity index is 241. The molecule has 0 fully saturated rings. The van der Waals surface area contributed by atoms with Gasteiger partial charge in [-0.05, 0) is 26.7 Å². The molecule has 15 heavy (non-hydrogen) atoms. The fourth-order valence-electron chi connectivity index (χ4n) is 1.01. The monoisotopic (exact) mass is 215 g/mol. The summed E-state index contributed by atoms with van der Waals surface area (Å²) in [4.78, 5) is 24.0. The van der Waals surface area contributed by atoms with Gasteiger partial charge in [-0.2, -0.15) is 0 Å². The molecule has 0 spiro atoms. The number of imide groups is 1. The van der Waals surface area contributed by atoms with Crippen molar-refractivity contribution in [2.24, 2.45) is 5.92 Å². The van der Waals surface area contributed by atoms with Crippen LogP contribution in [0.4, 0.5) is 4.79 Å². The molecule has 0 unspecified atom stereocenters. The van der Waals surface area contributed by atoms with Gasteiger partial charge < -0.3 is 4.74 Å². The van der Waals surface area contributed by atoms with Crippen molar-refractivity contribution >= 4 is 12.0 Å². The number of nitrogens with zero attached hydrogens (tertiary/aromatic N) is 1. The van der Waals surface area contributed by atoms with Crippen LogP contribution in [0.2, 0.25) is 0 Å². The highest BCUT2D eigenvalue weighted by atomic mass is 16.6. The highest BCUT2D eigenvalue weighted by Crippen LogP contribution is 2.11. The first-order valence-electron chi connectivity index (χ1n) is 5.14. The van der Waals surface area contributed by atoms with E-state index in [2.05, 4.69) is 0 Å². The van der Waals surface area contributed by atoms with Crippen LogP contribution in [0, 0.1) is 5.92 Å². The molecule has 0 saturated carbocycles. The topological polar surface area (TPSA) is 46.6 Å². The van der Waals surface area contributed by atoms with Crippen molar-refractivity contribution in [1.82, 2.24) is 4.90 Å². The van der Waals surface area contributed by atoms with Crippen LogP contribution in [0.3, 0.4) is 0 Å². The highest BCUT2D eigenvalue weighted by molar-refractivity contribution is 5.90. The van der Waals surface area contributed by atoms with Gasteiger partial charge in [0.25, 0.3) is 0 Å². The Labute approximate surface area is 91.6 Å². The maximum atomic E-state index is 11.6. The molecule has 0 rings (SSSR count). The number of rotatable bonds is 2. The highest BCUT2D eigenvalue weighted by Gasteiger charge is 2.25. The van der Waals surface area contributed by atoms with Crippen LogP contribution in [0.25, 0.3) is 0 Å². The third-order valence-electron chi connectivity index (χ3n) is 1.54. The standard InChI is InChI=1S/C11H21NO3/c1-8(2)7-12(9(3)13)10(14)15-11(4,5)6/h8H,7H2,1-6H3. The van der Waals surface area contributed by atoms with Crippen molar-refractivity contribution in [3.8, 4) is 0 Å². The molecule has 0 aromatic rings. The van der Waals surface area contributed by atoms with Gasteiger partial charge in [-0.25, -0.2) is 9.69 Å². The summed E-state index contributed by atoms with van der Waals surface area (Å²) in [5.41, 5.74) is -0.568. The molecule has 2 amide bonds. The number of hydrogen-bond donors (Lipinski definition) is 0. The van der Waals surface area contributed by atoms with Gasteiger partial charge in [-0.3, -0.25) is 4.79 Å². The smallest absolute Gasteiger partial charge is 0.417 e. The zero-order chi connectivity index (χ0) is 12.2. The van der Waals surface area contributed by atoms with E-state index < -0.39 is 11.7 Å². The molecule has 0 aliphatic rings. The molecule has 0 atom stereocenters. The first-order valence-corrected chi connectivity index (χ1v) is 5.14. The number of hydrogen-bond acceptors (Lipinski definition) is 3. The zero-order valence-corrected chi connectivity index (χ0v) is 10.5. The SMILES string of the molecule is CC(=O)N(CC(C)C)C(=O)OC(C)(C)C. The van der Waals surface area contributed by atoms with Crippen LogP contribution in [-0.4, -0.2) is 29.0 Å². The van der Waals surface area contributed by atoms with E-state index in [4.69, 9.17) is 4.74 Å². The molecular formula is C11H21NO3. The fraction of sp³-hybridized carbons (Fsp3) is 0.818. The normalized spacial score (nSPS) is 11.4. The maximum Gasteiger partial charge on any atom is 0.417 e. The van der Waals surface area contributed by atoms with Gasteiger partial charge in [0, 0.05) is 13.5 Å². The lowest BCUT2D eigenvalue weighted by Gasteiger charge is -2.26. The second-order valence-corrected chi connectivity index (χ2v) is 5.00. The van der Waals surface area contributed by atoms with E-state index in [1.54, 1.807) is 20.8 Å². The zero-order valence-electron chi connectivity index (χ0n) is 10.5. The number of carbonyl (C=O) groups excluding carboxylic acids is 2. The van der Waals surface area contributed by atoms with E-state index in [-0.39, 0.29) is 11.8 Å². The Hall–Kier alpha value is -1.06. The van der Waals surface area contributed by atoms with Gasteiger partial charge in [-0.1, -0.05) is 13.8 Å². The van der Waals surface area contributed by atoms with E-state index in [1.165, 1.54) is 6.92 Å². The van der Waals surface area contributed by atoms with Crippen molar-refractivity contribution in [2.45, 2.75) is 47.1 Å². The first kappa shape index (κ1) is 13.9. The quantitative estimate of drug-likeness (QED) is 0.710. The molecule has 0 aliphatic carbocycles. The van der Waals surface area contributed by atoms with Gasteiger partial charge in [0.05, 0.1) is 0 Å². The Balaban J connectivity index is 4.50. The summed E-state index contributed by atoms with van der Waals surface area (Å²) in [5.74, 6) is -0.0423. The average Bonchev–Trinajstić information content (AvgIpc) is 1.95. The largest absolute Gasteiger partial charge is 0.443 e. The molecule has 0 radical (unpaired) electrons. The molecule has 0 saturated heterocycles. The second kappa shape index (κ2) is 5.14. The van der Waals surface area contributed by atoms with Crippen molar-refractivity contribution in [1.29, 1.82) is 0 Å². The van der Waals surface area contributed by atoms with E-state index in [9.17, 15) is 9.59 Å². The second-order valence-electron chi connectivity index (χ2n) is 5.00. The van der Waals surface area contributed by atoms with Gasteiger partial charge in [0.15, 0.2) is 0 Å². The average molecular weight is 215 g/mol. The first-order chi connectivity index (χ1) is 6.63.